The van der Waals surface area contributed by atoms with Gasteiger partial charge in [-0.05, 0) is 29.5 Å². The van der Waals surface area contributed by atoms with Gasteiger partial charge >= 0.3 is 11.5 Å². The van der Waals surface area contributed by atoms with Crippen LogP contribution in [0.25, 0.3) is 0 Å². The van der Waals surface area contributed by atoms with E-state index in [4.69, 9.17) is 10.8 Å². The molecule has 0 aliphatic heterocycles. The van der Waals surface area contributed by atoms with Crippen molar-refractivity contribution in [3.63, 3.8) is 0 Å². The van der Waals surface area contributed by atoms with Crippen molar-refractivity contribution < 1.29 is 23.1 Å². The highest BCUT2D eigenvalue weighted by molar-refractivity contribution is 8.00. The summed E-state index contributed by atoms with van der Waals surface area (Å²) in [6.45, 7) is 0. The van der Waals surface area contributed by atoms with E-state index in [9.17, 15) is 18.0 Å². The summed E-state index contributed by atoms with van der Waals surface area (Å²) in [5.41, 5.74) is 1.73. The van der Waals surface area contributed by atoms with E-state index in [0.29, 0.717) is 5.56 Å². The molecule has 94 valence electrons. The molecule has 3 nitrogen and oxygen atoms in total. The molecule has 0 radical (unpaired) electrons. The molecule has 7 heteroatoms. The predicted octanol–water partition coefficient (Wildman–Crippen LogP) is 2.77. The standard InChI is InChI=1S/C10H10F3NO2S/c11-10(12,13)17-7-3-1-6(2-4-7)8(14)5-9(15)16/h1-4,8H,5,14H2,(H,15,16). The first-order valence-electron chi connectivity index (χ1n) is 4.61. The molecule has 0 fully saturated rings. The molecular weight excluding hydrogens is 255 g/mol. The largest absolute Gasteiger partial charge is 0.481 e. The van der Waals surface area contributed by atoms with E-state index in [-0.39, 0.29) is 23.1 Å². The Balaban J connectivity index is 2.71. The van der Waals surface area contributed by atoms with E-state index in [1.807, 2.05) is 0 Å². The number of carboxylic acids is 1. The molecule has 0 amide bonds. The first-order valence-corrected chi connectivity index (χ1v) is 5.42. The average molecular weight is 265 g/mol. The first kappa shape index (κ1) is 13.9. The van der Waals surface area contributed by atoms with Crippen molar-refractivity contribution in [3.05, 3.63) is 29.8 Å². The van der Waals surface area contributed by atoms with Crippen LogP contribution in [-0.2, 0) is 4.79 Å². The molecule has 0 bridgehead atoms. The van der Waals surface area contributed by atoms with Crippen LogP contribution in [0.3, 0.4) is 0 Å². The van der Waals surface area contributed by atoms with Crippen molar-refractivity contribution in [2.45, 2.75) is 22.9 Å². The van der Waals surface area contributed by atoms with Crippen LogP contribution in [0.1, 0.15) is 18.0 Å². The summed E-state index contributed by atoms with van der Waals surface area (Å²) in [5.74, 6) is -1.05. The first-order chi connectivity index (χ1) is 7.78. The zero-order valence-corrected chi connectivity index (χ0v) is 9.39. The van der Waals surface area contributed by atoms with E-state index in [0.717, 1.165) is 0 Å². The van der Waals surface area contributed by atoms with E-state index in [1.165, 1.54) is 24.3 Å². The van der Waals surface area contributed by atoms with Gasteiger partial charge in [0.15, 0.2) is 0 Å². The topological polar surface area (TPSA) is 63.3 Å². The van der Waals surface area contributed by atoms with E-state index >= 15 is 0 Å². The molecule has 17 heavy (non-hydrogen) atoms. The highest BCUT2D eigenvalue weighted by Gasteiger charge is 2.29. The van der Waals surface area contributed by atoms with Crippen molar-refractivity contribution in [3.8, 4) is 0 Å². The Bertz CT molecular complexity index is 392. The second-order valence-electron chi connectivity index (χ2n) is 3.32. The number of halogens is 3. The van der Waals surface area contributed by atoms with Crippen molar-refractivity contribution in [2.75, 3.05) is 0 Å². The minimum absolute atomic E-state index is 0.0452. The lowest BCUT2D eigenvalue weighted by Crippen LogP contribution is -2.14. The van der Waals surface area contributed by atoms with Crippen LogP contribution >= 0.6 is 11.8 Å². The molecular formula is C10H10F3NO2S. The molecule has 1 unspecified atom stereocenters. The molecule has 0 saturated carbocycles. The summed E-state index contributed by atoms with van der Waals surface area (Å²) in [6, 6.07) is 4.64. The van der Waals surface area contributed by atoms with Crippen molar-refractivity contribution in [1.82, 2.24) is 0 Å². The Morgan fingerprint density at radius 1 is 1.35 bits per heavy atom. The molecule has 1 aromatic carbocycles. The highest BCUT2D eigenvalue weighted by Crippen LogP contribution is 2.36. The monoisotopic (exact) mass is 265 g/mol. The summed E-state index contributed by atoms with van der Waals surface area (Å²) in [6.07, 6.45) is -0.258. The summed E-state index contributed by atoms with van der Waals surface area (Å²) >= 11 is -0.222. The van der Waals surface area contributed by atoms with Gasteiger partial charge in [0.25, 0.3) is 0 Å². The van der Waals surface area contributed by atoms with Crippen LogP contribution in [0.4, 0.5) is 13.2 Å². The average Bonchev–Trinajstić information content (AvgIpc) is 2.15. The molecule has 3 N–H and O–H groups in total. The Labute approximate surface area is 99.8 Å². The molecule has 1 atom stereocenters. The maximum Gasteiger partial charge on any atom is 0.446 e. The number of nitrogens with two attached hydrogens (primary N) is 1. The second-order valence-corrected chi connectivity index (χ2v) is 4.46. The fraction of sp³-hybridized carbons (Fsp3) is 0.300. The summed E-state index contributed by atoms with van der Waals surface area (Å²) in [5, 5.41) is 8.52. The smallest absolute Gasteiger partial charge is 0.446 e. The Hall–Kier alpha value is -1.21. The lowest BCUT2D eigenvalue weighted by Gasteiger charge is -2.10. The molecule has 1 rings (SSSR count). The van der Waals surface area contributed by atoms with Gasteiger partial charge in [-0.25, -0.2) is 0 Å². The third kappa shape index (κ3) is 5.10. The van der Waals surface area contributed by atoms with Gasteiger partial charge in [0, 0.05) is 10.9 Å². The normalized spacial score (nSPS) is 13.4. The van der Waals surface area contributed by atoms with Crippen LogP contribution in [0.5, 0.6) is 0 Å². The zero-order chi connectivity index (χ0) is 13.1. The SMILES string of the molecule is NC(CC(=O)O)c1ccc(SC(F)(F)F)cc1. The van der Waals surface area contributed by atoms with Gasteiger partial charge < -0.3 is 10.8 Å². The molecule has 0 heterocycles. The Kier molecular flexibility index (Phi) is 4.41. The predicted molar refractivity (Wildman–Crippen MR) is 57.5 cm³/mol. The molecule has 0 aromatic heterocycles. The second kappa shape index (κ2) is 5.42. The molecule has 0 aliphatic carbocycles. The number of hydrogen-bond acceptors (Lipinski definition) is 3. The molecule has 0 saturated heterocycles. The molecule has 0 aliphatic rings. The van der Waals surface area contributed by atoms with Crippen molar-refractivity contribution >= 4 is 17.7 Å². The minimum atomic E-state index is -4.33. The number of benzene rings is 1. The number of carboxylic acid groups (broad SMARTS) is 1. The summed E-state index contributed by atoms with van der Waals surface area (Å²) in [4.78, 5) is 10.4. The third-order valence-electron chi connectivity index (χ3n) is 1.94. The zero-order valence-electron chi connectivity index (χ0n) is 8.57. The van der Waals surface area contributed by atoms with Crippen LogP contribution in [-0.4, -0.2) is 16.6 Å². The fourth-order valence-electron chi connectivity index (χ4n) is 1.22. The maximum atomic E-state index is 12.0. The Morgan fingerprint density at radius 2 is 1.88 bits per heavy atom. The number of carbonyl (C=O) groups is 1. The van der Waals surface area contributed by atoms with Crippen LogP contribution in [0, 0.1) is 0 Å². The highest BCUT2D eigenvalue weighted by atomic mass is 32.2. The van der Waals surface area contributed by atoms with Crippen LogP contribution < -0.4 is 5.73 Å². The van der Waals surface area contributed by atoms with Gasteiger partial charge in [-0.15, -0.1) is 0 Å². The number of rotatable bonds is 4. The lowest BCUT2D eigenvalue weighted by molar-refractivity contribution is -0.137. The van der Waals surface area contributed by atoms with Crippen LogP contribution in [0.2, 0.25) is 0 Å². The molecule has 1 aromatic rings. The van der Waals surface area contributed by atoms with E-state index in [1.54, 1.807) is 0 Å². The van der Waals surface area contributed by atoms with Gasteiger partial charge in [0.2, 0.25) is 0 Å². The van der Waals surface area contributed by atoms with Crippen molar-refractivity contribution in [1.29, 1.82) is 0 Å². The quantitative estimate of drug-likeness (QED) is 0.822. The summed E-state index contributed by atoms with van der Waals surface area (Å²) < 4.78 is 36.1. The minimum Gasteiger partial charge on any atom is -0.481 e. The van der Waals surface area contributed by atoms with Gasteiger partial charge in [-0.2, -0.15) is 13.2 Å². The number of thioether (sulfide) groups is 1. The van der Waals surface area contributed by atoms with Crippen molar-refractivity contribution in [2.24, 2.45) is 5.73 Å². The maximum absolute atomic E-state index is 12.0. The number of hydrogen-bond donors (Lipinski definition) is 2. The fourth-order valence-corrected chi connectivity index (χ4v) is 1.76. The Morgan fingerprint density at radius 3 is 2.29 bits per heavy atom. The van der Waals surface area contributed by atoms with Gasteiger partial charge in [-0.1, -0.05) is 12.1 Å². The lowest BCUT2D eigenvalue weighted by atomic mass is 10.1. The summed E-state index contributed by atoms with van der Waals surface area (Å²) in [7, 11) is 0. The van der Waals surface area contributed by atoms with Gasteiger partial charge in [0.1, 0.15) is 0 Å². The number of alkyl halides is 3. The molecule has 0 spiro atoms. The van der Waals surface area contributed by atoms with Gasteiger partial charge in [-0.3, -0.25) is 4.79 Å². The number of aliphatic carboxylic acids is 1. The van der Waals surface area contributed by atoms with E-state index in [2.05, 4.69) is 0 Å². The third-order valence-corrected chi connectivity index (χ3v) is 2.68. The van der Waals surface area contributed by atoms with E-state index < -0.39 is 17.5 Å². The van der Waals surface area contributed by atoms with Crippen LogP contribution in [0.15, 0.2) is 29.2 Å². The van der Waals surface area contributed by atoms with Gasteiger partial charge in [0.05, 0.1) is 6.42 Å².